The van der Waals surface area contributed by atoms with Gasteiger partial charge in [-0.2, -0.15) is 5.10 Å². The van der Waals surface area contributed by atoms with Gasteiger partial charge in [0.2, 0.25) is 0 Å². The Labute approximate surface area is 136 Å². The Hall–Kier alpha value is -2.14. The molecule has 116 valence electrons. The molecule has 0 saturated heterocycles. The first-order chi connectivity index (χ1) is 10.4. The van der Waals surface area contributed by atoms with Crippen LogP contribution in [0.2, 0.25) is 0 Å². The number of nitrogens with zero attached hydrogens (tertiary/aromatic N) is 1. The normalized spacial score (nSPS) is 11.6. The minimum Gasteiger partial charge on any atom is -0.467 e. The summed E-state index contributed by atoms with van der Waals surface area (Å²) in [6, 6.07) is 12.1. The molecule has 0 unspecified atom stereocenters. The first-order valence-corrected chi connectivity index (χ1v) is 7.56. The SMILES string of the molecule is CC(C)(C)c1ccc(/C=N/NC(=S)NCc2ccco2)cc1. The fourth-order valence-corrected chi connectivity index (χ4v) is 1.98. The standard InChI is InChI=1S/C17H21N3OS/c1-17(2,3)14-8-6-13(7-9-14)11-19-20-16(22)18-12-15-5-4-10-21-15/h4-11H,12H2,1-3H3,(H2,18,20,22)/b19-11+. The van der Waals surface area contributed by atoms with E-state index in [1.54, 1.807) is 12.5 Å². The summed E-state index contributed by atoms with van der Waals surface area (Å²) in [5, 5.41) is 7.59. The average molecular weight is 315 g/mol. The summed E-state index contributed by atoms with van der Waals surface area (Å²) in [5.41, 5.74) is 5.27. The van der Waals surface area contributed by atoms with Gasteiger partial charge in [0.05, 0.1) is 19.0 Å². The first-order valence-electron chi connectivity index (χ1n) is 7.15. The molecule has 0 bridgehead atoms. The van der Waals surface area contributed by atoms with Crippen molar-refractivity contribution >= 4 is 23.5 Å². The van der Waals surface area contributed by atoms with Gasteiger partial charge in [0.25, 0.3) is 0 Å². The van der Waals surface area contributed by atoms with Gasteiger partial charge in [0.15, 0.2) is 5.11 Å². The smallest absolute Gasteiger partial charge is 0.187 e. The summed E-state index contributed by atoms with van der Waals surface area (Å²) in [6.07, 6.45) is 3.38. The monoisotopic (exact) mass is 315 g/mol. The average Bonchev–Trinajstić information content (AvgIpc) is 2.98. The fraction of sp³-hybridized carbons (Fsp3) is 0.294. The second-order valence-corrected chi connectivity index (χ2v) is 6.41. The molecule has 0 aliphatic carbocycles. The molecule has 5 heteroatoms. The van der Waals surface area contributed by atoms with Crippen LogP contribution in [-0.4, -0.2) is 11.3 Å². The van der Waals surface area contributed by atoms with Crippen molar-refractivity contribution < 1.29 is 4.42 Å². The van der Waals surface area contributed by atoms with E-state index in [9.17, 15) is 0 Å². The summed E-state index contributed by atoms with van der Waals surface area (Å²) in [7, 11) is 0. The van der Waals surface area contributed by atoms with Gasteiger partial charge in [-0.3, -0.25) is 5.43 Å². The highest BCUT2D eigenvalue weighted by Crippen LogP contribution is 2.21. The van der Waals surface area contributed by atoms with Crippen LogP contribution in [0.15, 0.2) is 52.2 Å². The van der Waals surface area contributed by atoms with Crippen molar-refractivity contribution in [3.8, 4) is 0 Å². The van der Waals surface area contributed by atoms with E-state index in [0.717, 1.165) is 11.3 Å². The van der Waals surface area contributed by atoms with Gasteiger partial charge in [0, 0.05) is 0 Å². The zero-order chi connectivity index (χ0) is 16.0. The molecule has 4 nitrogen and oxygen atoms in total. The second-order valence-electron chi connectivity index (χ2n) is 6.00. The molecule has 22 heavy (non-hydrogen) atoms. The molecule has 1 aromatic heterocycles. The number of hydrogen-bond donors (Lipinski definition) is 2. The van der Waals surface area contributed by atoms with Crippen LogP contribution in [0, 0.1) is 0 Å². The van der Waals surface area contributed by atoms with Gasteiger partial charge in [-0.1, -0.05) is 45.0 Å². The number of nitrogens with one attached hydrogen (secondary N) is 2. The Bertz CT molecular complexity index is 625. The van der Waals surface area contributed by atoms with Crippen molar-refractivity contribution in [2.45, 2.75) is 32.7 Å². The van der Waals surface area contributed by atoms with Crippen LogP contribution in [0.5, 0.6) is 0 Å². The molecule has 0 spiro atoms. The van der Waals surface area contributed by atoms with Crippen molar-refractivity contribution in [1.29, 1.82) is 0 Å². The lowest BCUT2D eigenvalue weighted by molar-refractivity contribution is 0.502. The molecule has 1 heterocycles. The molecule has 0 saturated carbocycles. The Morgan fingerprint density at radius 3 is 2.55 bits per heavy atom. The minimum absolute atomic E-state index is 0.158. The highest BCUT2D eigenvalue weighted by atomic mass is 32.1. The van der Waals surface area contributed by atoms with Crippen molar-refractivity contribution in [1.82, 2.24) is 10.7 Å². The number of thiocarbonyl (C=S) groups is 1. The van der Waals surface area contributed by atoms with Crippen LogP contribution in [-0.2, 0) is 12.0 Å². The van der Waals surface area contributed by atoms with Gasteiger partial charge in [-0.15, -0.1) is 0 Å². The van der Waals surface area contributed by atoms with Gasteiger partial charge in [-0.05, 0) is 40.9 Å². The molecular weight excluding hydrogens is 294 g/mol. The summed E-state index contributed by atoms with van der Waals surface area (Å²) < 4.78 is 5.21. The van der Waals surface area contributed by atoms with Gasteiger partial charge < -0.3 is 9.73 Å². The number of hydrogen-bond acceptors (Lipinski definition) is 3. The zero-order valence-corrected chi connectivity index (χ0v) is 13.9. The maximum atomic E-state index is 5.21. The summed E-state index contributed by atoms with van der Waals surface area (Å²) in [6.45, 7) is 7.12. The Morgan fingerprint density at radius 2 is 1.95 bits per heavy atom. The molecule has 0 fully saturated rings. The summed E-state index contributed by atoms with van der Waals surface area (Å²) in [5.74, 6) is 0.825. The minimum atomic E-state index is 0.158. The molecule has 0 atom stereocenters. The van der Waals surface area contributed by atoms with Crippen molar-refractivity contribution in [2.24, 2.45) is 5.10 Å². The highest BCUT2D eigenvalue weighted by Gasteiger charge is 2.12. The third kappa shape index (κ3) is 5.00. The maximum absolute atomic E-state index is 5.21. The van der Waals surface area contributed by atoms with E-state index >= 15 is 0 Å². The highest BCUT2D eigenvalue weighted by molar-refractivity contribution is 7.80. The molecule has 2 rings (SSSR count). The molecule has 1 aromatic carbocycles. The molecule has 0 aliphatic heterocycles. The molecular formula is C17H21N3OS. The van der Waals surface area contributed by atoms with Crippen LogP contribution in [0.3, 0.4) is 0 Å². The van der Waals surface area contributed by atoms with E-state index in [4.69, 9.17) is 16.6 Å². The predicted octanol–water partition coefficient (Wildman–Crippen LogP) is 3.58. The number of benzene rings is 1. The molecule has 0 radical (unpaired) electrons. The van der Waals surface area contributed by atoms with Gasteiger partial charge in [-0.25, -0.2) is 0 Å². The second kappa shape index (κ2) is 7.22. The fourth-order valence-electron chi connectivity index (χ4n) is 1.85. The lowest BCUT2D eigenvalue weighted by atomic mass is 9.87. The third-order valence-corrected chi connectivity index (χ3v) is 3.40. The van der Waals surface area contributed by atoms with E-state index in [-0.39, 0.29) is 5.41 Å². The molecule has 2 N–H and O–H groups in total. The van der Waals surface area contributed by atoms with Gasteiger partial charge in [0.1, 0.15) is 5.76 Å². The van der Waals surface area contributed by atoms with E-state index < -0.39 is 0 Å². The number of furan rings is 1. The summed E-state index contributed by atoms with van der Waals surface area (Å²) in [4.78, 5) is 0. The quantitative estimate of drug-likeness (QED) is 0.514. The molecule has 2 aromatic rings. The van der Waals surface area contributed by atoms with Crippen LogP contribution < -0.4 is 10.7 Å². The Balaban J connectivity index is 1.80. The lowest BCUT2D eigenvalue weighted by Gasteiger charge is -2.18. The topological polar surface area (TPSA) is 49.6 Å². The zero-order valence-electron chi connectivity index (χ0n) is 13.1. The molecule has 0 aliphatic rings. The van der Waals surface area contributed by atoms with Crippen LogP contribution in [0.25, 0.3) is 0 Å². The van der Waals surface area contributed by atoms with Gasteiger partial charge >= 0.3 is 0 Å². The van der Waals surface area contributed by atoms with Crippen molar-refractivity contribution in [3.05, 3.63) is 59.5 Å². The lowest BCUT2D eigenvalue weighted by Crippen LogP contribution is -2.31. The van der Waals surface area contributed by atoms with Crippen LogP contribution in [0.4, 0.5) is 0 Å². The predicted molar refractivity (Wildman–Crippen MR) is 94.0 cm³/mol. The van der Waals surface area contributed by atoms with E-state index in [0.29, 0.717) is 11.7 Å². The van der Waals surface area contributed by atoms with E-state index in [2.05, 4.69) is 48.7 Å². The summed E-state index contributed by atoms with van der Waals surface area (Å²) >= 11 is 5.13. The van der Waals surface area contributed by atoms with Crippen molar-refractivity contribution in [3.63, 3.8) is 0 Å². The number of hydrazone groups is 1. The Morgan fingerprint density at radius 1 is 1.23 bits per heavy atom. The maximum Gasteiger partial charge on any atom is 0.187 e. The first kappa shape index (κ1) is 16.2. The van der Waals surface area contributed by atoms with Crippen LogP contribution >= 0.6 is 12.2 Å². The van der Waals surface area contributed by atoms with E-state index in [1.165, 1.54) is 5.56 Å². The molecule has 0 amide bonds. The van der Waals surface area contributed by atoms with Crippen molar-refractivity contribution in [2.75, 3.05) is 0 Å². The largest absolute Gasteiger partial charge is 0.467 e. The third-order valence-electron chi connectivity index (χ3n) is 3.16. The Kier molecular flexibility index (Phi) is 5.33. The number of rotatable bonds is 4. The van der Waals surface area contributed by atoms with E-state index in [1.807, 2.05) is 24.3 Å². The van der Waals surface area contributed by atoms with Crippen LogP contribution in [0.1, 0.15) is 37.7 Å².